The summed E-state index contributed by atoms with van der Waals surface area (Å²) in [6.07, 6.45) is 7.30. The van der Waals surface area contributed by atoms with Crippen molar-refractivity contribution in [2.75, 3.05) is 23.3 Å². The first-order valence-corrected chi connectivity index (χ1v) is 6.76. The Morgan fingerprint density at radius 1 is 1.21 bits per heavy atom. The van der Waals surface area contributed by atoms with E-state index in [1.165, 1.54) is 19.3 Å². The Morgan fingerprint density at radius 3 is 2.89 bits per heavy atom. The zero-order valence-corrected chi connectivity index (χ0v) is 10.9. The Morgan fingerprint density at radius 2 is 2.11 bits per heavy atom. The first kappa shape index (κ1) is 12.0. The third-order valence-corrected chi connectivity index (χ3v) is 3.32. The maximum atomic E-state index is 5.27. The summed E-state index contributed by atoms with van der Waals surface area (Å²) in [6.45, 7) is 2.79. The van der Waals surface area contributed by atoms with Crippen LogP contribution < -0.4 is 10.2 Å². The number of nitrogens with one attached hydrogen (secondary N) is 1. The van der Waals surface area contributed by atoms with Gasteiger partial charge in [-0.15, -0.1) is 0 Å². The summed E-state index contributed by atoms with van der Waals surface area (Å²) in [7, 11) is 0. The molecule has 0 atom stereocenters. The molecule has 1 aliphatic rings. The molecule has 100 valence electrons. The molecule has 0 saturated carbocycles. The number of furan rings is 1. The maximum Gasteiger partial charge on any atom is 0.224 e. The molecule has 0 unspecified atom stereocenters. The second-order valence-corrected chi connectivity index (χ2v) is 4.72. The summed E-state index contributed by atoms with van der Waals surface area (Å²) in [4.78, 5) is 11.1. The van der Waals surface area contributed by atoms with Crippen LogP contribution in [0, 0.1) is 0 Å². The predicted molar refractivity (Wildman–Crippen MR) is 74.1 cm³/mol. The van der Waals surface area contributed by atoms with Gasteiger partial charge in [0.15, 0.2) is 0 Å². The van der Waals surface area contributed by atoms with Crippen molar-refractivity contribution in [3.8, 4) is 0 Å². The van der Waals surface area contributed by atoms with Gasteiger partial charge in [0.25, 0.3) is 0 Å². The van der Waals surface area contributed by atoms with Gasteiger partial charge in [0.05, 0.1) is 12.8 Å². The fourth-order valence-electron chi connectivity index (χ4n) is 2.31. The second kappa shape index (κ2) is 5.73. The summed E-state index contributed by atoms with van der Waals surface area (Å²) in [5, 5.41) is 3.18. The fraction of sp³-hybridized carbons (Fsp3) is 0.429. The summed E-state index contributed by atoms with van der Waals surface area (Å²) < 4.78 is 5.27. The van der Waals surface area contributed by atoms with Crippen LogP contribution in [0.5, 0.6) is 0 Å². The van der Waals surface area contributed by atoms with E-state index in [0.29, 0.717) is 12.5 Å². The second-order valence-electron chi connectivity index (χ2n) is 4.72. The Labute approximate surface area is 112 Å². The van der Waals surface area contributed by atoms with E-state index < -0.39 is 0 Å². The molecule has 0 amide bonds. The molecule has 1 aliphatic heterocycles. The van der Waals surface area contributed by atoms with Crippen LogP contribution in [-0.2, 0) is 6.54 Å². The minimum Gasteiger partial charge on any atom is -0.467 e. The number of hydrogen-bond donors (Lipinski definition) is 1. The quantitative estimate of drug-likeness (QED) is 0.913. The predicted octanol–water partition coefficient (Wildman–Crippen LogP) is 2.67. The normalized spacial score (nSPS) is 15.5. The van der Waals surface area contributed by atoms with Crippen LogP contribution >= 0.6 is 0 Å². The smallest absolute Gasteiger partial charge is 0.224 e. The van der Waals surface area contributed by atoms with Crippen LogP contribution in [0.3, 0.4) is 0 Å². The molecule has 0 spiro atoms. The molecule has 0 bridgehead atoms. The number of piperidine rings is 1. The van der Waals surface area contributed by atoms with Gasteiger partial charge in [-0.1, -0.05) is 0 Å². The first-order chi connectivity index (χ1) is 9.42. The highest BCUT2D eigenvalue weighted by molar-refractivity contribution is 5.42. The van der Waals surface area contributed by atoms with E-state index in [1.54, 1.807) is 12.5 Å². The van der Waals surface area contributed by atoms with Gasteiger partial charge in [-0.2, -0.15) is 4.98 Å². The minimum absolute atomic E-state index is 0.608. The third-order valence-electron chi connectivity index (χ3n) is 3.32. The molecule has 2 aromatic heterocycles. The molecule has 1 N–H and O–H groups in total. The molecule has 0 aromatic carbocycles. The van der Waals surface area contributed by atoms with Gasteiger partial charge in [-0.05, 0) is 37.5 Å². The highest BCUT2D eigenvalue weighted by Gasteiger charge is 2.12. The highest BCUT2D eigenvalue weighted by Crippen LogP contribution is 2.18. The Balaban J connectivity index is 1.65. The van der Waals surface area contributed by atoms with Crippen LogP contribution in [0.4, 0.5) is 11.8 Å². The maximum absolute atomic E-state index is 5.27. The zero-order valence-electron chi connectivity index (χ0n) is 10.9. The van der Waals surface area contributed by atoms with E-state index in [4.69, 9.17) is 4.42 Å². The van der Waals surface area contributed by atoms with Crippen molar-refractivity contribution in [3.05, 3.63) is 36.4 Å². The minimum atomic E-state index is 0.608. The average molecular weight is 258 g/mol. The highest BCUT2D eigenvalue weighted by atomic mass is 16.3. The van der Waals surface area contributed by atoms with Gasteiger partial charge in [-0.25, -0.2) is 4.98 Å². The standard InChI is InChI=1S/C14H18N4O/c1-2-8-18(9-3-1)13-6-7-15-14(17-13)16-11-12-5-4-10-19-12/h4-7,10H,1-3,8-9,11H2,(H,15,16,17). The molecule has 1 saturated heterocycles. The third kappa shape index (κ3) is 3.05. The summed E-state index contributed by atoms with van der Waals surface area (Å²) in [6, 6.07) is 5.78. The van der Waals surface area contributed by atoms with Gasteiger partial charge in [0.2, 0.25) is 5.95 Å². The van der Waals surface area contributed by atoms with Gasteiger partial charge < -0.3 is 14.6 Å². The number of anilines is 2. The molecule has 2 aromatic rings. The van der Waals surface area contributed by atoms with Gasteiger partial charge in [0.1, 0.15) is 11.6 Å². The largest absolute Gasteiger partial charge is 0.467 e. The van der Waals surface area contributed by atoms with Crippen molar-refractivity contribution >= 4 is 11.8 Å². The lowest BCUT2D eigenvalue weighted by Gasteiger charge is -2.27. The lowest BCUT2D eigenvalue weighted by molar-refractivity contribution is 0.517. The number of nitrogens with zero attached hydrogens (tertiary/aromatic N) is 3. The topological polar surface area (TPSA) is 54.2 Å². The van der Waals surface area contributed by atoms with Crippen LogP contribution in [0.1, 0.15) is 25.0 Å². The van der Waals surface area contributed by atoms with Crippen molar-refractivity contribution < 1.29 is 4.42 Å². The van der Waals surface area contributed by atoms with E-state index in [1.807, 2.05) is 18.2 Å². The molecular formula is C14H18N4O. The molecule has 5 nitrogen and oxygen atoms in total. The van der Waals surface area contributed by atoms with Gasteiger partial charge >= 0.3 is 0 Å². The summed E-state index contributed by atoms with van der Waals surface area (Å²) >= 11 is 0. The molecule has 0 aliphatic carbocycles. The SMILES string of the molecule is c1coc(CNc2nccc(N3CCCCC3)n2)c1. The molecular weight excluding hydrogens is 240 g/mol. The van der Waals surface area contributed by atoms with Gasteiger partial charge in [-0.3, -0.25) is 0 Å². The Hall–Kier alpha value is -2.04. The molecule has 3 heterocycles. The molecule has 3 rings (SSSR count). The number of aromatic nitrogens is 2. The van der Waals surface area contributed by atoms with Crippen molar-refractivity contribution in [1.29, 1.82) is 0 Å². The van der Waals surface area contributed by atoms with E-state index in [-0.39, 0.29) is 0 Å². The van der Waals surface area contributed by atoms with Gasteiger partial charge in [0, 0.05) is 19.3 Å². The molecule has 19 heavy (non-hydrogen) atoms. The Kier molecular flexibility index (Phi) is 3.63. The van der Waals surface area contributed by atoms with E-state index in [0.717, 1.165) is 24.7 Å². The molecule has 0 radical (unpaired) electrons. The molecule has 5 heteroatoms. The van der Waals surface area contributed by atoms with Crippen LogP contribution in [-0.4, -0.2) is 23.1 Å². The van der Waals surface area contributed by atoms with Crippen LogP contribution in [0.2, 0.25) is 0 Å². The van der Waals surface area contributed by atoms with Crippen molar-refractivity contribution in [2.45, 2.75) is 25.8 Å². The van der Waals surface area contributed by atoms with Crippen molar-refractivity contribution in [1.82, 2.24) is 9.97 Å². The first-order valence-electron chi connectivity index (χ1n) is 6.76. The number of hydrogen-bond acceptors (Lipinski definition) is 5. The summed E-state index contributed by atoms with van der Waals surface area (Å²) in [5.41, 5.74) is 0. The van der Waals surface area contributed by atoms with Crippen molar-refractivity contribution in [3.63, 3.8) is 0 Å². The summed E-state index contributed by atoms with van der Waals surface area (Å²) in [5.74, 6) is 2.54. The average Bonchev–Trinajstić information content (AvgIpc) is 3.00. The lowest BCUT2D eigenvalue weighted by Crippen LogP contribution is -2.30. The lowest BCUT2D eigenvalue weighted by atomic mass is 10.1. The van der Waals surface area contributed by atoms with E-state index in [2.05, 4.69) is 20.2 Å². The molecule has 1 fully saturated rings. The van der Waals surface area contributed by atoms with Crippen LogP contribution in [0.15, 0.2) is 35.1 Å². The zero-order chi connectivity index (χ0) is 12.9. The van der Waals surface area contributed by atoms with E-state index >= 15 is 0 Å². The Bertz CT molecular complexity index is 506. The van der Waals surface area contributed by atoms with Crippen molar-refractivity contribution in [2.24, 2.45) is 0 Å². The van der Waals surface area contributed by atoms with Crippen LogP contribution in [0.25, 0.3) is 0 Å². The number of rotatable bonds is 4. The monoisotopic (exact) mass is 258 g/mol. The van der Waals surface area contributed by atoms with E-state index in [9.17, 15) is 0 Å². The fourth-order valence-corrected chi connectivity index (χ4v) is 2.31.